The van der Waals surface area contributed by atoms with E-state index in [0.29, 0.717) is 5.56 Å². The van der Waals surface area contributed by atoms with Crippen LogP contribution in [0.3, 0.4) is 0 Å². The summed E-state index contributed by atoms with van der Waals surface area (Å²) in [5.41, 5.74) is 6.86. The summed E-state index contributed by atoms with van der Waals surface area (Å²) in [6.07, 6.45) is 0. The van der Waals surface area contributed by atoms with E-state index < -0.39 is 0 Å². The maximum Gasteiger partial charge on any atom is 1.00 e. The van der Waals surface area contributed by atoms with Gasteiger partial charge in [0.1, 0.15) is 0 Å². The number of rotatable bonds is 2. The summed E-state index contributed by atoms with van der Waals surface area (Å²) < 4.78 is 0. The van der Waals surface area contributed by atoms with E-state index in [-0.39, 0.29) is 64.1 Å². The third-order valence-corrected chi connectivity index (χ3v) is 2.57. The molecule has 1 heterocycles. The maximum absolute atomic E-state index is 10.9. The van der Waals surface area contributed by atoms with Crippen LogP contribution in [0.4, 0.5) is 5.69 Å². The first-order valence-corrected chi connectivity index (χ1v) is 5.05. The van der Waals surface area contributed by atoms with Gasteiger partial charge in [-0.25, -0.2) is 0 Å². The van der Waals surface area contributed by atoms with Gasteiger partial charge in [0, 0.05) is 11.3 Å². The molecule has 0 spiro atoms. The molecule has 1 fully saturated rings. The molecule has 0 saturated carbocycles. The molecule has 5 heteroatoms. The zero-order valence-corrected chi connectivity index (χ0v) is 14.4. The van der Waals surface area contributed by atoms with Gasteiger partial charge in [0.15, 0.2) is 0 Å². The molecule has 1 aliphatic heterocycles. The molecule has 4 nitrogen and oxygen atoms in total. The Bertz CT molecular complexity index is 347. The first-order chi connectivity index (χ1) is 7.27. The van der Waals surface area contributed by atoms with Gasteiger partial charge in [-0.15, -0.1) is 13.1 Å². The number of benzene rings is 1. The predicted octanol–water partition coefficient (Wildman–Crippen LogP) is -2.02. The first-order valence-electron chi connectivity index (χ1n) is 5.05. The van der Waals surface area contributed by atoms with E-state index in [1.54, 1.807) is 12.1 Å². The molecule has 0 atom stereocenters. The van der Waals surface area contributed by atoms with Crippen molar-refractivity contribution >= 4 is 11.6 Å². The summed E-state index contributed by atoms with van der Waals surface area (Å²) in [5, 5.41) is 4.28. The van der Waals surface area contributed by atoms with Crippen LogP contribution in [0.15, 0.2) is 24.3 Å². The molecule has 1 amide bonds. The van der Waals surface area contributed by atoms with Crippen LogP contribution in [-0.4, -0.2) is 32.1 Å². The number of hydrogen-bond donors (Lipinski definition) is 1. The Labute approximate surface area is 144 Å². The van der Waals surface area contributed by atoms with Gasteiger partial charge in [-0.05, 0) is 37.4 Å². The van der Waals surface area contributed by atoms with E-state index >= 15 is 0 Å². The summed E-state index contributed by atoms with van der Waals surface area (Å²) in [4.78, 5) is 13.1. The molecular formula is C11H14N3ORb. The molecule has 0 aliphatic carbocycles. The van der Waals surface area contributed by atoms with E-state index in [1.807, 2.05) is 12.1 Å². The minimum atomic E-state index is -0.379. The molecule has 0 radical (unpaired) electrons. The Morgan fingerprint density at radius 1 is 1.19 bits per heavy atom. The van der Waals surface area contributed by atoms with Gasteiger partial charge < -0.3 is 16.0 Å². The summed E-state index contributed by atoms with van der Waals surface area (Å²) in [6, 6.07) is 7.41. The summed E-state index contributed by atoms with van der Waals surface area (Å²) in [7, 11) is 0. The number of anilines is 1. The minimum absolute atomic E-state index is 0. The summed E-state index contributed by atoms with van der Waals surface area (Å²) >= 11 is 0. The van der Waals surface area contributed by atoms with Crippen LogP contribution in [-0.2, 0) is 0 Å². The molecule has 1 saturated heterocycles. The van der Waals surface area contributed by atoms with Crippen molar-refractivity contribution in [3.63, 3.8) is 0 Å². The van der Waals surface area contributed by atoms with Crippen LogP contribution in [0.1, 0.15) is 10.4 Å². The number of carbonyl (C=O) groups is 1. The zero-order chi connectivity index (χ0) is 10.7. The van der Waals surface area contributed by atoms with Crippen LogP contribution in [0.25, 0.3) is 5.32 Å². The molecule has 1 aromatic rings. The fourth-order valence-electron chi connectivity index (χ4n) is 1.70. The van der Waals surface area contributed by atoms with Gasteiger partial charge in [0.2, 0.25) is 5.91 Å². The maximum atomic E-state index is 10.9. The number of nitrogens with zero attached hydrogens (tertiary/aromatic N) is 2. The van der Waals surface area contributed by atoms with Crippen LogP contribution < -0.4 is 68.8 Å². The van der Waals surface area contributed by atoms with Crippen LogP contribution >= 0.6 is 0 Å². The average Bonchev–Trinajstić information content (AvgIpc) is 2.30. The topological polar surface area (TPSA) is 60.4 Å². The largest absolute Gasteiger partial charge is 1.00 e. The smallest absolute Gasteiger partial charge is 0.659 e. The second-order valence-corrected chi connectivity index (χ2v) is 3.57. The normalized spacial score (nSPS) is 15.4. The van der Waals surface area contributed by atoms with Gasteiger partial charge in [-0.2, -0.15) is 0 Å². The van der Waals surface area contributed by atoms with Gasteiger partial charge in [0.25, 0.3) is 0 Å². The Morgan fingerprint density at radius 3 is 2.25 bits per heavy atom. The number of nitrogens with two attached hydrogens (primary N) is 1. The molecule has 80 valence electrons. The van der Waals surface area contributed by atoms with Crippen molar-refractivity contribution in [3.05, 3.63) is 35.1 Å². The van der Waals surface area contributed by atoms with Crippen molar-refractivity contribution in [2.75, 3.05) is 31.1 Å². The Kier molecular flexibility index (Phi) is 6.14. The van der Waals surface area contributed by atoms with Gasteiger partial charge in [-0.3, -0.25) is 4.79 Å². The Hall–Kier alpha value is 0.255. The molecular weight excluding hydrogens is 276 g/mol. The SMILES string of the molecule is NC(=O)c1ccc(N2CC[N-]CC2)cc1.[Rb+]. The number of amides is 1. The van der Waals surface area contributed by atoms with E-state index in [2.05, 4.69) is 10.2 Å². The molecule has 1 aromatic carbocycles. The Morgan fingerprint density at radius 2 is 1.75 bits per heavy atom. The van der Waals surface area contributed by atoms with Crippen molar-refractivity contribution in [1.82, 2.24) is 0 Å². The summed E-state index contributed by atoms with van der Waals surface area (Å²) in [5.74, 6) is -0.379. The third-order valence-electron chi connectivity index (χ3n) is 2.57. The molecule has 1 aliphatic rings. The Balaban J connectivity index is 0.00000128. The first kappa shape index (κ1) is 14.3. The summed E-state index contributed by atoms with van der Waals surface area (Å²) in [6.45, 7) is 3.68. The average molecular weight is 290 g/mol. The monoisotopic (exact) mass is 289 g/mol. The number of hydrogen-bond acceptors (Lipinski definition) is 2. The second-order valence-electron chi connectivity index (χ2n) is 3.57. The van der Waals surface area contributed by atoms with E-state index in [9.17, 15) is 4.79 Å². The van der Waals surface area contributed by atoms with E-state index in [1.165, 1.54) is 0 Å². The number of piperazine rings is 1. The molecule has 0 unspecified atom stereocenters. The predicted molar refractivity (Wildman–Crippen MR) is 60.3 cm³/mol. The number of primary amides is 1. The van der Waals surface area contributed by atoms with E-state index in [0.717, 1.165) is 31.9 Å². The fourth-order valence-corrected chi connectivity index (χ4v) is 1.70. The molecule has 16 heavy (non-hydrogen) atoms. The van der Waals surface area contributed by atoms with Crippen molar-refractivity contribution < 1.29 is 63.0 Å². The second kappa shape index (κ2) is 6.86. The molecule has 2 N–H and O–H groups in total. The quantitative estimate of drug-likeness (QED) is 0.683. The van der Waals surface area contributed by atoms with Crippen LogP contribution in [0.5, 0.6) is 0 Å². The van der Waals surface area contributed by atoms with Gasteiger partial charge in [-0.1, -0.05) is 0 Å². The zero-order valence-electron chi connectivity index (χ0n) is 9.52. The van der Waals surface area contributed by atoms with Crippen molar-refractivity contribution in [2.45, 2.75) is 0 Å². The third kappa shape index (κ3) is 3.63. The molecule has 2 rings (SSSR count). The number of carbonyl (C=O) groups excluding carboxylic acids is 1. The fraction of sp³-hybridized carbons (Fsp3) is 0.364. The van der Waals surface area contributed by atoms with Crippen molar-refractivity contribution in [2.24, 2.45) is 5.73 Å². The van der Waals surface area contributed by atoms with Crippen molar-refractivity contribution in [3.8, 4) is 0 Å². The van der Waals surface area contributed by atoms with E-state index in [4.69, 9.17) is 5.73 Å². The van der Waals surface area contributed by atoms with Crippen LogP contribution in [0.2, 0.25) is 0 Å². The standard InChI is InChI=1S/C11H14N3O.Rb/c12-11(15)9-1-3-10(4-2-9)14-7-5-13-6-8-14;/h1-4H,5-8H2,(H2,12,15);/q-1;+1. The van der Waals surface area contributed by atoms with Crippen molar-refractivity contribution in [1.29, 1.82) is 0 Å². The van der Waals surface area contributed by atoms with Gasteiger partial charge >= 0.3 is 58.2 Å². The molecule has 0 aromatic heterocycles. The van der Waals surface area contributed by atoms with Gasteiger partial charge in [0.05, 0.1) is 0 Å². The molecule has 0 bridgehead atoms. The van der Waals surface area contributed by atoms with Crippen LogP contribution in [0, 0.1) is 0 Å². The minimum Gasteiger partial charge on any atom is -0.659 e.